The van der Waals surface area contributed by atoms with Gasteiger partial charge in [0, 0.05) is 40.2 Å². The Balaban J connectivity index is 1.48. The number of ether oxygens (including phenoxy) is 1. The number of fused-ring (bicyclic) bond motifs is 5. The van der Waals surface area contributed by atoms with Gasteiger partial charge in [-0.2, -0.15) is 0 Å². The third-order valence-electron chi connectivity index (χ3n) is 8.61. The van der Waals surface area contributed by atoms with Crippen molar-refractivity contribution in [1.82, 2.24) is 0 Å². The molecule has 1 spiro atoms. The monoisotopic (exact) mass is 573 g/mol. The van der Waals surface area contributed by atoms with E-state index in [9.17, 15) is 19.2 Å². The minimum atomic E-state index is -1.58. The molecule has 0 aromatic heterocycles. The maximum Gasteiger partial charge on any atom is 0.308 e. The number of nitrogens with zero attached hydrogens (tertiary/aromatic N) is 1. The van der Waals surface area contributed by atoms with Crippen LogP contribution in [0.5, 0.6) is 5.75 Å². The predicted molar refractivity (Wildman–Crippen MR) is 159 cm³/mol. The van der Waals surface area contributed by atoms with Crippen LogP contribution in [0, 0.1) is 5.41 Å². The van der Waals surface area contributed by atoms with Crippen molar-refractivity contribution in [1.29, 1.82) is 0 Å². The zero-order chi connectivity index (χ0) is 29.2. The van der Waals surface area contributed by atoms with Crippen LogP contribution in [0.15, 0.2) is 103 Å². The number of ketones is 3. The lowest BCUT2D eigenvalue weighted by Crippen LogP contribution is -2.48. The summed E-state index contributed by atoms with van der Waals surface area (Å²) < 4.78 is 5.18. The first-order valence-electron chi connectivity index (χ1n) is 13.6. The molecule has 3 atom stereocenters. The second-order valence-corrected chi connectivity index (χ2v) is 11.2. The number of carbonyl (C=O) groups excluding carboxylic acids is 4. The summed E-state index contributed by atoms with van der Waals surface area (Å²) in [5, 5.41) is 0.505. The number of anilines is 1. The number of benzene rings is 4. The molecule has 7 heteroatoms. The lowest BCUT2D eigenvalue weighted by atomic mass is 9.64. The molecule has 4 aromatic carbocycles. The highest BCUT2D eigenvalue weighted by Gasteiger charge is 2.71. The fourth-order valence-electron chi connectivity index (χ4n) is 6.98. The van der Waals surface area contributed by atoms with Gasteiger partial charge in [0.15, 0.2) is 17.3 Å². The van der Waals surface area contributed by atoms with Crippen molar-refractivity contribution >= 4 is 46.7 Å². The quantitative estimate of drug-likeness (QED) is 0.119. The predicted octanol–water partition coefficient (Wildman–Crippen LogP) is 6.58. The van der Waals surface area contributed by atoms with Gasteiger partial charge >= 0.3 is 5.97 Å². The van der Waals surface area contributed by atoms with E-state index in [1.54, 1.807) is 72.8 Å². The molecule has 42 heavy (non-hydrogen) atoms. The topological polar surface area (TPSA) is 80.8 Å². The molecule has 1 saturated heterocycles. The smallest absolute Gasteiger partial charge is 0.308 e. The number of Topliss-reactive ketones (excluding diaryl/α,β-unsaturated/α-hetero) is 3. The lowest BCUT2D eigenvalue weighted by molar-refractivity contribution is -0.131. The van der Waals surface area contributed by atoms with Crippen LogP contribution < -0.4 is 9.64 Å². The van der Waals surface area contributed by atoms with Gasteiger partial charge in [-0.15, -0.1) is 0 Å². The van der Waals surface area contributed by atoms with Gasteiger partial charge < -0.3 is 9.64 Å². The summed E-state index contributed by atoms with van der Waals surface area (Å²) in [6, 6.07) is 26.3. The van der Waals surface area contributed by atoms with Crippen molar-refractivity contribution in [2.24, 2.45) is 5.41 Å². The number of carbonyl (C=O) groups is 4. The number of esters is 1. The van der Waals surface area contributed by atoms with Crippen LogP contribution in [0.2, 0.25) is 5.02 Å². The van der Waals surface area contributed by atoms with E-state index < -0.39 is 29.4 Å². The molecular formula is C35H24ClNO5. The SMILES string of the molecule is CC(=O)Oc1ccc(C(=O)[C@@H]2[C@H](c3ccc(Cl)cc3)C3(C(=O)c4ccccc4C3=O)[C@H]3C=Cc4ccccc4N23)cc1. The van der Waals surface area contributed by atoms with Crippen molar-refractivity contribution < 1.29 is 23.9 Å². The fourth-order valence-corrected chi connectivity index (χ4v) is 7.11. The van der Waals surface area contributed by atoms with Crippen LogP contribution in [0.1, 0.15) is 55.0 Å². The molecule has 2 heterocycles. The van der Waals surface area contributed by atoms with Crippen molar-refractivity contribution in [3.63, 3.8) is 0 Å². The summed E-state index contributed by atoms with van der Waals surface area (Å²) in [4.78, 5) is 57.4. The molecule has 0 saturated carbocycles. The Labute approximate surface area is 247 Å². The van der Waals surface area contributed by atoms with Crippen LogP contribution in [0.3, 0.4) is 0 Å². The van der Waals surface area contributed by atoms with Gasteiger partial charge in [0.1, 0.15) is 17.2 Å². The van der Waals surface area contributed by atoms with E-state index in [2.05, 4.69) is 0 Å². The summed E-state index contributed by atoms with van der Waals surface area (Å²) in [5.74, 6) is -1.81. The maximum atomic E-state index is 14.7. The number of hydrogen-bond acceptors (Lipinski definition) is 6. The molecule has 7 rings (SSSR count). The molecule has 6 nitrogen and oxygen atoms in total. The average molecular weight is 574 g/mol. The highest BCUT2D eigenvalue weighted by Crippen LogP contribution is 2.61. The first kappa shape index (κ1) is 26.1. The van der Waals surface area contributed by atoms with E-state index in [-0.39, 0.29) is 17.3 Å². The van der Waals surface area contributed by atoms with Crippen molar-refractivity contribution in [3.8, 4) is 5.75 Å². The molecule has 1 fully saturated rings. The van der Waals surface area contributed by atoms with Gasteiger partial charge in [-0.1, -0.05) is 78.4 Å². The fraction of sp³-hybridized carbons (Fsp3) is 0.143. The molecule has 0 amide bonds. The molecule has 2 aliphatic heterocycles. The van der Waals surface area contributed by atoms with E-state index in [4.69, 9.17) is 16.3 Å². The minimum Gasteiger partial charge on any atom is -0.427 e. The van der Waals surface area contributed by atoms with E-state index in [1.807, 2.05) is 41.3 Å². The van der Waals surface area contributed by atoms with E-state index >= 15 is 0 Å². The standard InChI is InChI=1S/C35H24ClNO5/c1-20(38)42-25-17-12-23(13-18-25)32(39)31-30(22-10-15-24(36)16-11-22)35(33(40)26-7-3-4-8-27(26)34(35)41)29-19-14-21-6-2-5-9-28(21)37(29)31/h2-19,29-31H,1H3/t29-,30+,31+/m1/s1. The van der Waals surface area contributed by atoms with Crippen molar-refractivity contribution in [2.75, 3.05) is 4.90 Å². The molecule has 0 N–H and O–H groups in total. The van der Waals surface area contributed by atoms with E-state index in [0.717, 1.165) is 11.3 Å². The number of halogens is 1. The summed E-state index contributed by atoms with van der Waals surface area (Å²) in [6.07, 6.45) is 3.82. The molecule has 1 aliphatic carbocycles. The van der Waals surface area contributed by atoms with Crippen LogP contribution in [0.25, 0.3) is 6.08 Å². The molecule has 206 valence electrons. The Morgan fingerprint density at radius 1 is 0.810 bits per heavy atom. The van der Waals surface area contributed by atoms with E-state index in [1.165, 1.54) is 6.92 Å². The Morgan fingerprint density at radius 2 is 1.43 bits per heavy atom. The van der Waals surface area contributed by atoms with Crippen LogP contribution in [-0.2, 0) is 4.79 Å². The third kappa shape index (κ3) is 3.65. The zero-order valence-corrected chi connectivity index (χ0v) is 23.2. The molecule has 0 radical (unpaired) electrons. The van der Waals surface area contributed by atoms with Gasteiger partial charge in [-0.25, -0.2) is 0 Å². The Morgan fingerprint density at radius 3 is 2.07 bits per heavy atom. The van der Waals surface area contributed by atoms with Crippen LogP contribution in [0.4, 0.5) is 5.69 Å². The lowest BCUT2D eigenvalue weighted by Gasteiger charge is -2.37. The second-order valence-electron chi connectivity index (χ2n) is 10.8. The Hall–Kier alpha value is -4.81. The Kier molecular flexibility index (Phi) is 5.99. The van der Waals surface area contributed by atoms with Gasteiger partial charge in [-0.3, -0.25) is 19.2 Å². The summed E-state index contributed by atoms with van der Waals surface area (Å²) >= 11 is 6.28. The minimum absolute atomic E-state index is 0.257. The van der Waals surface area contributed by atoms with E-state index in [0.29, 0.717) is 33.0 Å². The maximum absolute atomic E-state index is 14.7. The third-order valence-corrected chi connectivity index (χ3v) is 8.86. The van der Waals surface area contributed by atoms with Crippen LogP contribution >= 0.6 is 11.6 Å². The zero-order valence-electron chi connectivity index (χ0n) is 22.5. The second kappa shape index (κ2) is 9.64. The number of rotatable bonds is 4. The summed E-state index contributed by atoms with van der Waals surface area (Å²) in [5.41, 5.74) is 1.85. The largest absolute Gasteiger partial charge is 0.427 e. The van der Waals surface area contributed by atoms with Crippen molar-refractivity contribution in [2.45, 2.75) is 24.9 Å². The Bertz CT molecular complexity index is 1790. The van der Waals surface area contributed by atoms with Crippen molar-refractivity contribution in [3.05, 3.63) is 136 Å². The van der Waals surface area contributed by atoms with Gasteiger partial charge in [-0.05, 0) is 53.6 Å². The van der Waals surface area contributed by atoms with Gasteiger partial charge in [0.2, 0.25) is 0 Å². The highest BCUT2D eigenvalue weighted by molar-refractivity contribution is 6.32. The molecule has 3 aliphatic rings. The first-order valence-corrected chi connectivity index (χ1v) is 14.0. The molecule has 0 bridgehead atoms. The van der Waals surface area contributed by atoms with Crippen LogP contribution in [-0.4, -0.2) is 35.4 Å². The number of hydrogen-bond donors (Lipinski definition) is 0. The van der Waals surface area contributed by atoms with Gasteiger partial charge in [0.25, 0.3) is 0 Å². The average Bonchev–Trinajstić information content (AvgIpc) is 3.43. The summed E-state index contributed by atoms with van der Waals surface area (Å²) in [7, 11) is 0. The molecular weight excluding hydrogens is 550 g/mol. The van der Waals surface area contributed by atoms with Gasteiger partial charge in [0.05, 0.1) is 6.04 Å². The normalized spacial score (nSPS) is 21.2. The highest BCUT2D eigenvalue weighted by atomic mass is 35.5. The molecule has 0 unspecified atom stereocenters. The number of para-hydroxylation sites is 1. The first-order chi connectivity index (χ1) is 20.3. The molecule has 4 aromatic rings. The summed E-state index contributed by atoms with van der Waals surface area (Å²) in [6.45, 7) is 1.31.